The Labute approximate surface area is 77.9 Å². The van der Waals surface area contributed by atoms with E-state index in [0.29, 0.717) is 5.69 Å². The molecule has 1 aromatic rings. The van der Waals surface area contributed by atoms with Crippen molar-refractivity contribution in [3.05, 3.63) is 11.9 Å². The van der Waals surface area contributed by atoms with Crippen molar-refractivity contribution in [3.63, 3.8) is 0 Å². The molecule has 3 N–H and O–H groups in total. The Hall–Kier alpha value is -2.18. The molecule has 0 atom stereocenters. The molecule has 7 heteroatoms. The molecule has 0 aliphatic heterocycles. The van der Waals surface area contributed by atoms with E-state index >= 15 is 0 Å². The minimum absolute atomic E-state index is 0.153. The lowest BCUT2D eigenvalue weighted by atomic mass is 10.4. The molecule has 0 aromatic carbocycles. The molecule has 0 bridgehead atoms. The smallest absolute Gasteiger partial charge is 0.449 e. The molecule has 0 aliphatic rings. The third-order valence-corrected chi connectivity index (χ3v) is 1.37. The summed E-state index contributed by atoms with van der Waals surface area (Å²) in [6.07, 6.45) is -1.89. The fraction of sp³-hybridized carbons (Fsp3) is 0.143. The molecule has 0 unspecified atom stereocenters. The number of nitrogens with one attached hydrogen (secondary N) is 1. The highest BCUT2D eigenvalue weighted by Crippen LogP contribution is 2.30. The largest absolute Gasteiger partial charge is 0.511 e. The summed E-state index contributed by atoms with van der Waals surface area (Å²) in [5.74, 6) is -0.336. The third-order valence-electron chi connectivity index (χ3n) is 1.37. The maximum Gasteiger partial charge on any atom is 0.511 e. The molecule has 0 spiro atoms. The first-order chi connectivity index (χ1) is 6.50. The predicted molar refractivity (Wildman–Crippen MR) is 42.8 cm³/mol. The quantitative estimate of drug-likeness (QED) is 0.624. The Bertz CT molecular complexity index is 368. The first-order valence-corrected chi connectivity index (χ1v) is 3.50. The van der Waals surface area contributed by atoms with Crippen LogP contribution in [-0.4, -0.2) is 27.5 Å². The van der Waals surface area contributed by atoms with Gasteiger partial charge in [-0.2, -0.15) is 0 Å². The highest BCUT2D eigenvalue weighted by Gasteiger charge is 2.16. The van der Waals surface area contributed by atoms with E-state index in [2.05, 4.69) is 14.5 Å². The maximum atomic E-state index is 10.2. The summed E-state index contributed by atoms with van der Waals surface area (Å²) in [5.41, 5.74) is 0.364. The lowest BCUT2D eigenvalue weighted by molar-refractivity contribution is 0.133. The number of H-pyrrole nitrogens is 1. The number of hydrogen-bond donors (Lipinski definition) is 3. The van der Waals surface area contributed by atoms with Crippen LogP contribution in [0.4, 0.5) is 9.59 Å². The summed E-state index contributed by atoms with van der Waals surface area (Å²) in [7, 11) is 0. The minimum atomic E-state index is -1.54. The number of carboxylic acid groups (broad SMARTS) is 2. The predicted octanol–water partition coefficient (Wildman–Crippen LogP) is 1.44. The van der Waals surface area contributed by atoms with Crippen LogP contribution >= 0.6 is 0 Å². The van der Waals surface area contributed by atoms with Crippen molar-refractivity contribution in [2.75, 3.05) is 0 Å². The average Bonchev–Trinajstić information content (AvgIpc) is 2.34. The first kappa shape index (κ1) is 9.90. The molecule has 0 saturated carbocycles. The van der Waals surface area contributed by atoms with Crippen molar-refractivity contribution < 1.29 is 29.3 Å². The van der Waals surface area contributed by atoms with Crippen LogP contribution in [0.5, 0.6) is 11.5 Å². The summed E-state index contributed by atoms with van der Waals surface area (Å²) in [6, 6.07) is 0. The summed E-state index contributed by atoms with van der Waals surface area (Å²) in [4.78, 5) is 23.0. The molecule has 0 radical (unpaired) electrons. The van der Waals surface area contributed by atoms with Gasteiger partial charge in [0.05, 0.1) is 5.69 Å². The van der Waals surface area contributed by atoms with E-state index in [0.717, 1.165) is 0 Å². The number of rotatable bonds is 2. The molecular weight excluding hydrogens is 194 g/mol. The molecule has 1 aromatic heterocycles. The zero-order chi connectivity index (χ0) is 10.7. The van der Waals surface area contributed by atoms with Crippen LogP contribution in [0.3, 0.4) is 0 Å². The van der Waals surface area contributed by atoms with Crippen molar-refractivity contribution >= 4 is 12.3 Å². The van der Waals surface area contributed by atoms with Gasteiger partial charge >= 0.3 is 12.3 Å². The topological polar surface area (TPSA) is 109 Å². The van der Waals surface area contributed by atoms with Crippen molar-refractivity contribution in [3.8, 4) is 11.5 Å². The highest BCUT2D eigenvalue weighted by molar-refractivity contribution is 5.67. The standard InChI is InChI=1S/C7H7NO6/c1-3-5(14-7(11)12)4(2-8-3)13-6(9)10/h2,8H,1H3,(H,9,10)(H,11,12). The van der Waals surface area contributed by atoms with Crippen LogP contribution in [-0.2, 0) is 0 Å². The van der Waals surface area contributed by atoms with E-state index in [1.165, 1.54) is 13.1 Å². The minimum Gasteiger partial charge on any atom is -0.449 e. The van der Waals surface area contributed by atoms with Gasteiger partial charge in [0, 0.05) is 6.20 Å². The Morgan fingerprint density at radius 1 is 1.29 bits per heavy atom. The van der Waals surface area contributed by atoms with Crippen LogP contribution in [0, 0.1) is 6.92 Å². The van der Waals surface area contributed by atoms with Crippen LogP contribution in [0.15, 0.2) is 6.20 Å². The molecule has 0 fully saturated rings. The van der Waals surface area contributed by atoms with Gasteiger partial charge < -0.3 is 24.7 Å². The van der Waals surface area contributed by atoms with Crippen LogP contribution in [0.2, 0.25) is 0 Å². The van der Waals surface area contributed by atoms with Crippen LogP contribution < -0.4 is 9.47 Å². The molecule has 7 nitrogen and oxygen atoms in total. The SMILES string of the molecule is Cc1[nH]cc(OC(=O)O)c1OC(=O)O. The van der Waals surface area contributed by atoms with Gasteiger partial charge in [-0.1, -0.05) is 0 Å². The van der Waals surface area contributed by atoms with Gasteiger partial charge in [0.15, 0.2) is 11.5 Å². The van der Waals surface area contributed by atoms with E-state index in [9.17, 15) is 9.59 Å². The Morgan fingerprint density at radius 2 is 1.86 bits per heavy atom. The van der Waals surface area contributed by atoms with Gasteiger partial charge in [-0.15, -0.1) is 0 Å². The fourth-order valence-corrected chi connectivity index (χ4v) is 0.874. The third kappa shape index (κ3) is 2.16. The second kappa shape index (κ2) is 3.69. The number of aromatic amines is 1. The van der Waals surface area contributed by atoms with E-state index in [4.69, 9.17) is 10.2 Å². The lowest BCUT2D eigenvalue weighted by Gasteiger charge is -2.01. The van der Waals surface area contributed by atoms with Crippen molar-refractivity contribution in [2.45, 2.75) is 6.92 Å². The van der Waals surface area contributed by atoms with E-state index < -0.39 is 12.3 Å². The van der Waals surface area contributed by atoms with E-state index in [-0.39, 0.29) is 11.5 Å². The first-order valence-electron chi connectivity index (χ1n) is 3.50. The van der Waals surface area contributed by atoms with Gasteiger partial charge in [-0.3, -0.25) is 0 Å². The molecule has 76 valence electrons. The number of carbonyl (C=O) groups is 2. The number of hydrogen-bond acceptors (Lipinski definition) is 4. The highest BCUT2D eigenvalue weighted by atomic mass is 16.7. The summed E-state index contributed by atoms with van der Waals surface area (Å²) in [5, 5.41) is 16.6. The summed E-state index contributed by atoms with van der Waals surface area (Å²) < 4.78 is 8.58. The van der Waals surface area contributed by atoms with Crippen LogP contribution in [0.1, 0.15) is 5.69 Å². The van der Waals surface area contributed by atoms with Crippen molar-refractivity contribution in [1.82, 2.24) is 4.98 Å². The zero-order valence-electron chi connectivity index (χ0n) is 7.10. The summed E-state index contributed by atoms with van der Waals surface area (Å²) in [6.45, 7) is 1.52. The van der Waals surface area contributed by atoms with Gasteiger partial charge in [-0.25, -0.2) is 9.59 Å². The van der Waals surface area contributed by atoms with E-state index in [1.54, 1.807) is 0 Å². The van der Waals surface area contributed by atoms with Gasteiger partial charge in [-0.05, 0) is 6.92 Å². The van der Waals surface area contributed by atoms with Gasteiger partial charge in [0.25, 0.3) is 0 Å². The summed E-state index contributed by atoms with van der Waals surface area (Å²) >= 11 is 0. The fourth-order valence-electron chi connectivity index (χ4n) is 0.874. The molecule has 14 heavy (non-hydrogen) atoms. The number of aromatic nitrogens is 1. The molecule has 0 aliphatic carbocycles. The molecule has 0 saturated heterocycles. The molecule has 0 amide bonds. The molecular formula is C7H7NO6. The second-order valence-electron chi connectivity index (χ2n) is 2.34. The zero-order valence-corrected chi connectivity index (χ0v) is 7.10. The van der Waals surface area contributed by atoms with Crippen molar-refractivity contribution in [1.29, 1.82) is 0 Å². The normalized spacial score (nSPS) is 9.50. The monoisotopic (exact) mass is 201 g/mol. The number of ether oxygens (including phenoxy) is 2. The Morgan fingerprint density at radius 3 is 2.36 bits per heavy atom. The maximum absolute atomic E-state index is 10.2. The Kier molecular flexibility index (Phi) is 2.61. The van der Waals surface area contributed by atoms with Crippen LogP contribution in [0.25, 0.3) is 0 Å². The lowest BCUT2D eigenvalue weighted by Crippen LogP contribution is -2.07. The Balaban J connectivity index is 2.93. The molecule has 1 rings (SSSR count). The van der Waals surface area contributed by atoms with Gasteiger partial charge in [0.2, 0.25) is 0 Å². The van der Waals surface area contributed by atoms with Gasteiger partial charge in [0.1, 0.15) is 0 Å². The van der Waals surface area contributed by atoms with Crippen molar-refractivity contribution in [2.24, 2.45) is 0 Å². The second-order valence-corrected chi connectivity index (χ2v) is 2.34. The number of aryl methyl sites for hydroxylation is 1. The molecule has 1 heterocycles. The average molecular weight is 201 g/mol. The van der Waals surface area contributed by atoms with E-state index in [1.807, 2.05) is 0 Å².